The van der Waals surface area contributed by atoms with E-state index in [0.717, 1.165) is 12.1 Å². The molecule has 0 unspecified atom stereocenters. The molecule has 110 valence electrons. The topological polar surface area (TPSA) is 64.3 Å². The van der Waals surface area contributed by atoms with Crippen LogP contribution in [0.1, 0.15) is 15.9 Å². The summed E-state index contributed by atoms with van der Waals surface area (Å²) in [4.78, 5) is 11.4. The highest BCUT2D eigenvalue weighted by Gasteiger charge is 2.09. The molecule has 1 amide bonds. The minimum absolute atomic E-state index is 0.0490. The van der Waals surface area contributed by atoms with Gasteiger partial charge in [-0.2, -0.15) is 0 Å². The van der Waals surface area contributed by atoms with E-state index in [4.69, 9.17) is 10.6 Å². The van der Waals surface area contributed by atoms with Crippen LogP contribution in [0.2, 0.25) is 0 Å². The number of amides is 1. The number of hydrogen-bond donors (Lipinski definition) is 2. The van der Waals surface area contributed by atoms with Crippen molar-refractivity contribution in [3.8, 4) is 5.75 Å². The average molecular weight is 357 g/mol. The SMILES string of the molecule is NNC(=O)c1ccc(COc2ccc(F)cc2F)c(Br)c1. The zero-order chi connectivity index (χ0) is 15.4. The van der Waals surface area contributed by atoms with Gasteiger partial charge >= 0.3 is 0 Å². The maximum absolute atomic E-state index is 13.4. The van der Waals surface area contributed by atoms with Crippen molar-refractivity contribution >= 4 is 21.8 Å². The lowest BCUT2D eigenvalue weighted by Gasteiger charge is -2.10. The second-order valence-corrected chi connectivity index (χ2v) is 5.00. The summed E-state index contributed by atoms with van der Waals surface area (Å²) in [5.74, 6) is 3.13. The Bertz CT molecular complexity index is 680. The Morgan fingerprint density at radius 2 is 2.00 bits per heavy atom. The van der Waals surface area contributed by atoms with Crippen LogP contribution >= 0.6 is 15.9 Å². The second kappa shape index (κ2) is 6.64. The summed E-state index contributed by atoms with van der Waals surface area (Å²) in [6.45, 7) is 0.0632. The Kier molecular flexibility index (Phi) is 4.87. The minimum atomic E-state index is -0.773. The molecular weight excluding hydrogens is 346 g/mol. The van der Waals surface area contributed by atoms with Crippen molar-refractivity contribution in [2.75, 3.05) is 0 Å². The number of hydrogen-bond acceptors (Lipinski definition) is 3. The van der Waals surface area contributed by atoms with E-state index in [0.29, 0.717) is 15.6 Å². The number of nitrogens with two attached hydrogens (primary N) is 1. The standard InChI is InChI=1S/C14H11BrF2N2O2/c15-11-5-8(14(20)19-18)1-2-9(11)7-21-13-4-3-10(16)6-12(13)17/h1-6H,7,18H2,(H,19,20). The quantitative estimate of drug-likeness (QED) is 0.503. The third-order valence-corrected chi connectivity index (χ3v) is 3.46. The number of nitrogens with one attached hydrogen (secondary N) is 1. The first-order valence-corrected chi connectivity index (χ1v) is 6.68. The van der Waals surface area contributed by atoms with E-state index in [1.165, 1.54) is 6.07 Å². The smallest absolute Gasteiger partial charge is 0.265 e. The molecular formula is C14H11BrF2N2O2. The van der Waals surface area contributed by atoms with Gasteiger partial charge in [-0.1, -0.05) is 22.0 Å². The predicted molar refractivity (Wildman–Crippen MR) is 76.5 cm³/mol. The van der Waals surface area contributed by atoms with Gasteiger partial charge in [-0.05, 0) is 24.3 Å². The first-order valence-electron chi connectivity index (χ1n) is 5.88. The number of carbonyl (C=O) groups is 1. The van der Waals surface area contributed by atoms with Crippen LogP contribution in [0.4, 0.5) is 8.78 Å². The number of nitrogen functional groups attached to an aromatic ring is 1. The molecule has 0 fully saturated rings. The van der Waals surface area contributed by atoms with E-state index in [2.05, 4.69) is 15.9 Å². The molecule has 0 saturated carbocycles. The number of halogens is 3. The molecule has 2 aromatic carbocycles. The molecule has 7 heteroatoms. The molecule has 0 spiro atoms. The highest BCUT2D eigenvalue weighted by atomic mass is 79.9. The van der Waals surface area contributed by atoms with Gasteiger partial charge in [0.1, 0.15) is 12.4 Å². The molecule has 0 saturated heterocycles. The van der Waals surface area contributed by atoms with E-state index in [9.17, 15) is 13.6 Å². The fraction of sp³-hybridized carbons (Fsp3) is 0.0714. The lowest BCUT2D eigenvalue weighted by molar-refractivity contribution is 0.0953. The molecule has 0 radical (unpaired) electrons. The third kappa shape index (κ3) is 3.77. The Morgan fingerprint density at radius 3 is 2.62 bits per heavy atom. The molecule has 0 aliphatic rings. The summed E-state index contributed by atoms with van der Waals surface area (Å²) in [5, 5.41) is 0. The van der Waals surface area contributed by atoms with Gasteiger partial charge in [0.15, 0.2) is 11.6 Å². The molecule has 0 aliphatic carbocycles. The highest BCUT2D eigenvalue weighted by molar-refractivity contribution is 9.10. The Morgan fingerprint density at radius 1 is 1.24 bits per heavy atom. The van der Waals surface area contributed by atoms with Gasteiger partial charge < -0.3 is 4.74 Å². The summed E-state index contributed by atoms with van der Waals surface area (Å²) in [6, 6.07) is 7.86. The molecule has 3 N–H and O–H groups in total. The van der Waals surface area contributed by atoms with Gasteiger partial charge in [0.25, 0.3) is 5.91 Å². The maximum Gasteiger partial charge on any atom is 0.265 e. The number of benzene rings is 2. The van der Waals surface area contributed by atoms with Crippen LogP contribution in [0, 0.1) is 11.6 Å². The molecule has 21 heavy (non-hydrogen) atoms. The van der Waals surface area contributed by atoms with Crippen molar-refractivity contribution in [1.82, 2.24) is 5.43 Å². The molecule has 2 aromatic rings. The molecule has 0 bridgehead atoms. The summed E-state index contributed by atoms with van der Waals surface area (Å²) < 4.78 is 32.1. The fourth-order valence-corrected chi connectivity index (χ4v) is 2.13. The van der Waals surface area contributed by atoms with Gasteiger partial charge in [0.2, 0.25) is 0 Å². The highest BCUT2D eigenvalue weighted by Crippen LogP contribution is 2.23. The van der Waals surface area contributed by atoms with Gasteiger partial charge in [-0.3, -0.25) is 10.2 Å². The van der Waals surface area contributed by atoms with Crippen LogP contribution in [0.5, 0.6) is 5.75 Å². The van der Waals surface area contributed by atoms with E-state index in [-0.39, 0.29) is 12.4 Å². The molecule has 0 heterocycles. The molecule has 2 rings (SSSR count). The lowest BCUT2D eigenvalue weighted by Crippen LogP contribution is -2.29. The van der Waals surface area contributed by atoms with Crippen molar-refractivity contribution in [3.05, 3.63) is 63.6 Å². The van der Waals surface area contributed by atoms with Crippen LogP contribution in [0.25, 0.3) is 0 Å². The summed E-state index contributed by atoms with van der Waals surface area (Å²) in [5.41, 5.74) is 3.10. The third-order valence-electron chi connectivity index (χ3n) is 2.72. The van der Waals surface area contributed by atoms with Crippen LogP contribution < -0.4 is 16.0 Å². The van der Waals surface area contributed by atoms with Gasteiger partial charge in [-0.15, -0.1) is 0 Å². The number of hydrazine groups is 1. The first kappa shape index (κ1) is 15.4. The minimum Gasteiger partial charge on any atom is -0.486 e. The summed E-state index contributed by atoms with van der Waals surface area (Å²) in [6.07, 6.45) is 0. The van der Waals surface area contributed by atoms with Crippen molar-refractivity contribution in [2.45, 2.75) is 6.61 Å². The van der Waals surface area contributed by atoms with E-state index >= 15 is 0 Å². The normalized spacial score (nSPS) is 10.3. The summed E-state index contributed by atoms with van der Waals surface area (Å²) in [7, 11) is 0. The molecule has 0 atom stereocenters. The van der Waals surface area contributed by atoms with Gasteiger partial charge in [0, 0.05) is 21.7 Å². The van der Waals surface area contributed by atoms with E-state index in [1.807, 2.05) is 5.43 Å². The largest absolute Gasteiger partial charge is 0.486 e. The Balaban J connectivity index is 2.11. The van der Waals surface area contributed by atoms with Gasteiger partial charge in [-0.25, -0.2) is 14.6 Å². The first-order chi connectivity index (χ1) is 10.0. The lowest BCUT2D eigenvalue weighted by atomic mass is 10.1. The maximum atomic E-state index is 13.4. The van der Waals surface area contributed by atoms with Gasteiger partial charge in [0.05, 0.1) is 0 Å². The van der Waals surface area contributed by atoms with Crippen molar-refractivity contribution in [1.29, 1.82) is 0 Å². The number of rotatable bonds is 4. The molecule has 0 aromatic heterocycles. The Hall–Kier alpha value is -1.99. The fourth-order valence-electron chi connectivity index (χ4n) is 1.64. The van der Waals surface area contributed by atoms with E-state index in [1.54, 1.807) is 18.2 Å². The van der Waals surface area contributed by atoms with Crippen molar-refractivity contribution in [3.63, 3.8) is 0 Å². The van der Waals surface area contributed by atoms with Crippen molar-refractivity contribution < 1.29 is 18.3 Å². The molecule has 4 nitrogen and oxygen atoms in total. The zero-order valence-corrected chi connectivity index (χ0v) is 12.3. The Labute approximate surface area is 128 Å². The zero-order valence-electron chi connectivity index (χ0n) is 10.7. The second-order valence-electron chi connectivity index (χ2n) is 4.14. The average Bonchev–Trinajstić information content (AvgIpc) is 2.46. The van der Waals surface area contributed by atoms with Crippen LogP contribution in [0.15, 0.2) is 40.9 Å². The number of ether oxygens (including phenoxy) is 1. The van der Waals surface area contributed by atoms with Crippen molar-refractivity contribution in [2.24, 2.45) is 5.84 Å². The van der Waals surface area contributed by atoms with Crippen LogP contribution in [0.3, 0.4) is 0 Å². The van der Waals surface area contributed by atoms with E-state index < -0.39 is 17.5 Å². The monoisotopic (exact) mass is 356 g/mol. The number of carbonyl (C=O) groups excluding carboxylic acids is 1. The predicted octanol–water partition coefficient (Wildman–Crippen LogP) is 2.91. The van der Waals surface area contributed by atoms with Crippen LogP contribution in [-0.4, -0.2) is 5.91 Å². The van der Waals surface area contributed by atoms with Crippen LogP contribution in [-0.2, 0) is 6.61 Å². The summed E-state index contributed by atoms with van der Waals surface area (Å²) >= 11 is 3.29. The molecule has 0 aliphatic heterocycles.